The normalized spacial score (nSPS) is 15.4. The predicted molar refractivity (Wildman–Crippen MR) is 85.3 cm³/mol. The van der Waals surface area contributed by atoms with Crippen molar-refractivity contribution < 1.29 is 18.0 Å². The van der Waals surface area contributed by atoms with Gasteiger partial charge in [-0.15, -0.1) is 4.31 Å². The third-order valence-electron chi connectivity index (χ3n) is 3.18. The standard InChI is InChI=1S/C14H8Cl2N2O4S/c15-10-6-5-8(7-11(10)16)17-14(20)18-13(19)9-3-1-2-4-12(9)23(18,21)22/h1-7H,(H,17,20). The highest BCUT2D eigenvalue weighted by molar-refractivity contribution is 7.90. The number of hydrogen-bond donors (Lipinski definition) is 1. The summed E-state index contributed by atoms with van der Waals surface area (Å²) >= 11 is 11.6. The van der Waals surface area contributed by atoms with Crippen molar-refractivity contribution in [2.24, 2.45) is 0 Å². The van der Waals surface area contributed by atoms with Crippen LogP contribution in [-0.4, -0.2) is 24.7 Å². The van der Waals surface area contributed by atoms with E-state index in [0.29, 0.717) is 0 Å². The molecule has 2 aromatic rings. The summed E-state index contributed by atoms with van der Waals surface area (Å²) in [6, 6.07) is 8.75. The minimum atomic E-state index is -4.22. The molecule has 0 aromatic heterocycles. The highest BCUT2D eigenvalue weighted by atomic mass is 35.5. The first kappa shape index (κ1) is 15.8. The Hall–Kier alpha value is -2.09. The number of halogens is 2. The fourth-order valence-electron chi connectivity index (χ4n) is 2.13. The van der Waals surface area contributed by atoms with Crippen LogP contribution in [0.4, 0.5) is 10.5 Å². The number of anilines is 1. The van der Waals surface area contributed by atoms with E-state index < -0.39 is 22.0 Å². The second-order valence-corrected chi connectivity index (χ2v) is 7.20. The summed E-state index contributed by atoms with van der Waals surface area (Å²) in [6.07, 6.45) is 0. The highest BCUT2D eigenvalue weighted by Gasteiger charge is 2.45. The summed E-state index contributed by atoms with van der Waals surface area (Å²) in [6.45, 7) is 0. The molecule has 1 N–H and O–H groups in total. The van der Waals surface area contributed by atoms with Gasteiger partial charge in [0.2, 0.25) is 0 Å². The third-order valence-corrected chi connectivity index (χ3v) is 5.64. The first-order valence-corrected chi connectivity index (χ1v) is 8.46. The van der Waals surface area contributed by atoms with Crippen LogP contribution in [0.25, 0.3) is 0 Å². The van der Waals surface area contributed by atoms with E-state index in [1.165, 1.54) is 42.5 Å². The molecule has 0 unspecified atom stereocenters. The summed E-state index contributed by atoms with van der Waals surface area (Å²) in [5, 5.41) is 2.78. The second-order valence-electron chi connectivity index (χ2n) is 4.63. The molecule has 3 rings (SSSR count). The zero-order valence-electron chi connectivity index (χ0n) is 11.3. The van der Waals surface area contributed by atoms with Gasteiger partial charge in [0.05, 0.1) is 15.6 Å². The lowest BCUT2D eigenvalue weighted by molar-refractivity contribution is 0.0900. The van der Waals surface area contributed by atoms with Gasteiger partial charge in [-0.05, 0) is 30.3 Å². The van der Waals surface area contributed by atoms with E-state index in [1.807, 2.05) is 0 Å². The van der Waals surface area contributed by atoms with Crippen LogP contribution in [0.2, 0.25) is 10.0 Å². The molecule has 0 bridgehead atoms. The minimum absolute atomic E-state index is 0.0446. The van der Waals surface area contributed by atoms with Crippen LogP contribution in [-0.2, 0) is 10.0 Å². The van der Waals surface area contributed by atoms with E-state index >= 15 is 0 Å². The molecule has 3 amide bonds. The molecule has 2 aromatic carbocycles. The lowest BCUT2D eigenvalue weighted by atomic mass is 10.2. The van der Waals surface area contributed by atoms with E-state index in [2.05, 4.69) is 5.32 Å². The van der Waals surface area contributed by atoms with Gasteiger partial charge in [-0.25, -0.2) is 13.2 Å². The molecule has 1 aliphatic rings. The van der Waals surface area contributed by atoms with Crippen molar-refractivity contribution in [2.75, 3.05) is 5.32 Å². The Morgan fingerprint density at radius 2 is 1.74 bits per heavy atom. The highest BCUT2D eigenvalue weighted by Crippen LogP contribution is 2.31. The zero-order valence-corrected chi connectivity index (χ0v) is 13.6. The number of carbonyl (C=O) groups is 2. The van der Waals surface area contributed by atoms with Gasteiger partial charge in [-0.1, -0.05) is 35.3 Å². The third kappa shape index (κ3) is 2.56. The molecule has 1 heterocycles. The number of hydrogen-bond acceptors (Lipinski definition) is 4. The molecule has 0 radical (unpaired) electrons. The summed E-state index contributed by atoms with van der Waals surface area (Å²) in [4.78, 5) is 24.2. The molecule has 9 heteroatoms. The Bertz CT molecular complexity index is 944. The summed E-state index contributed by atoms with van der Waals surface area (Å²) in [5.74, 6) is -0.904. The Kier molecular flexibility index (Phi) is 3.79. The number of benzene rings is 2. The van der Waals surface area contributed by atoms with Crippen LogP contribution in [0.3, 0.4) is 0 Å². The van der Waals surface area contributed by atoms with E-state index in [0.717, 1.165) is 0 Å². The van der Waals surface area contributed by atoms with Gasteiger partial charge < -0.3 is 5.32 Å². The molecule has 1 aliphatic heterocycles. The van der Waals surface area contributed by atoms with Crippen molar-refractivity contribution in [3.05, 3.63) is 58.1 Å². The van der Waals surface area contributed by atoms with Gasteiger partial charge in [0.25, 0.3) is 15.9 Å². The topological polar surface area (TPSA) is 83.6 Å². The Balaban J connectivity index is 1.95. The first-order valence-electron chi connectivity index (χ1n) is 6.27. The molecule has 0 saturated heterocycles. The van der Waals surface area contributed by atoms with Gasteiger partial charge in [0.1, 0.15) is 4.90 Å². The Labute approximate surface area is 141 Å². The zero-order chi connectivity index (χ0) is 16.8. The fraction of sp³-hybridized carbons (Fsp3) is 0. The lowest BCUT2D eigenvalue weighted by Gasteiger charge is -2.14. The largest absolute Gasteiger partial charge is 0.343 e. The van der Waals surface area contributed by atoms with Gasteiger partial charge in [-0.3, -0.25) is 4.79 Å². The summed E-state index contributed by atoms with van der Waals surface area (Å²) in [5.41, 5.74) is 0.167. The molecular formula is C14H8Cl2N2O4S. The Morgan fingerprint density at radius 3 is 2.39 bits per heavy atom. The number of amides is 3. The van der Waals surface area contributed by atoms with Gasteiger partial charge in [0.15, 0.2) is 0 Å². The van der Waals surface area contributed by atoms with E-state index in [4.69, 9.17) is 23.2 Å². The van der Waals surface area contributed by atoms with Crippen LogP contribution in [0, 0.1) is 0 Å². The van der Waals surface area contributed by atoms with Crippen LogP contribution in [0.5, 0.6) is 0 Å². The van der Waals surface area contributed by atoms with Crippen molar-refractivity contribution in [2.45, 2.75) is 4.90 Å². The fourth-order valence-corrected chi connectivity index (χ4v) is 3.89. The molecule has 6 nitrogen and oxygen atoms in total. The predicted octanol–water partition coefficient (Wildman–Crippen LogP) is 3.37. The van der Waals surface area contributed by atoms with Crippen molar-refractivity contribution in [3.8, 4) is 0 Å². The number of nitrogens with zero attached hydrogens (tertiary/aromatic N) is 1. The van der Waals surface area contributed by atoms with Gasteiger partial charge in [0, 0.05) is 5.69 Å². The number of carbonyl (C=O) groups excluding carboxylic acids is 2. The first-order chi connectivity index (χ1) is 10.8. The quantitative estimate of drug-likeness (QED) is 0.833. The van der Waals surface area contributed by atoms with Gasteiger partial charge >= 0.3 is 6.03 Å². The molecule has 0 spiro atoms. The number of rotatable bonds is 1. The molecule has 118 valence electrons. The van der Waals surface area contributed by atoms with E-state index in [-0.39, 0.29) is 30.5 Å². The minimum Gasteiger partial charge on any atom is -0.307 e. The maximum atomic E-state index is 12.3. The van der Waals surface area contributed by atoms with Gasteiger partial charge in [-0.2, -0.15) is 0 Å². The number of imide groups is 1. The smallest absolute Gasteiger partial charge is 0.307 e. The van der Waals surface area contributed by atoms with Crippen LogP contribution in [0.1, 0.15) is 10.4 Å². The lowest BCUT2D eigenvalue weighted by Crippen LogP contribution is -2.39. The maximum absolute atomic E-state index is 12.3. The second kappa shape index (κ2) is 5.52. The molecule has 0 atom stereocenters. The SMILES string of the molecule is O=C(Nc1ccc(Cl)c(Cl)c1)N1C(=O)c2ccccc2S1(=O)=O. The molecule has 0 saturated carbocycles. The average molecular weight is 371 g/mol. The summed E-state index contributed by atoms with van der Waals surface area (Å²) in [7, 11) is -4.22. The van der Waals surface area contributed by atoms with E-state index in [9.17, 15) is 18.0 Å². The van der Waals surface area contributed by atoms with Crippen molar-refractivity contribution >= 4 is 50.9 Å². The number of nitrogens with one attached hydrogen (secondary N) is 1. The van der Waals surface area contributed by atoms with E-state index in [1.54, 1.807) is 0 Å². The molecule has 0 aliphatic carbocycles. The summed E-state index contributed by atoms with van der Waals surface area (Å²) < 4.78 is 24.9. The van der Waals surface area contributed by atoms with Crippen LogP contribution < -0.4 is 5.32 Å². The number of sulfonamides is 1. The van der Waals surface area contributed by atoms with Crippen LogP contribution in [0.15, 0.2) is 47.4 Å². The van der Waals surface area contributed by atoms with Crippen molar-refractivity contribution in [1.29, 1.82) is 0 Å². The molecule has 0 fully saturated rings. The van der Waals surface area contributed by atoms with Crippen molar-refractivity contribution in [3.63, 3.8) is 0 Å². The Morgan fingerprint density at radius 1 is 1.04 bits per heavy atom. The van der Waals surface area contributed by atoms with Crippen LogP contribution >= 0.6 is 23.2 Å². The number of urea groups is 1. The maximum Gasteiger partial charge on any atom is 0.343 e. The number of fused-ring (bicyclic) bond motifs is 1. The van der Waals surface area contributed by atoms with Crippen molar-refractivity contribution in [1.82, 2.24) is 4.31 Å². The molecular weight excluding hydrogens is 363 g/mol. The average Bonchev–Trinajstić information content (AvgIpc) is 2.70. The molecule has 23 heavy (non-hydrogen) atoms. The monoisotopic (exact) mass is 370 g/mol.